The molecule has 0 amide bonds. The van der Waals surface area contributed by atoms with E-state index in [1.54, 1.807) is 11.8 Å². The molecule has 2 rings (SSSR count). The molecule has 0 aliphatic rings. The van der Waals surface area contributed by atoms with Gasteiger partial charge in [0.25, 0.3) is 0 Å². The topological polar surface area (TPSA) is 64.9 Å². The van der Waals surface area contributed by atoms with E-state index in [2.05, 4.69) is 52.1 Å². The van der Waals surface area contributed by atoms with Gasteiger partial charge < -0.3 is 10.3 Å². The molecule has 2 N–H and O–H groups in total. The van der Waals surface area contributed by atoms with Crippen LogP contribution in [0.5, 0.6) is 0 Å². The molecule has 0 saturated carbocycles. The second-order valence-electron chi connectivity index (χ2n) is 4.95. The molecule has 0 fully saturated rings. The van der Waals surface area contributed by atoms with Gasteiger partial charge in [-0.1, -0.05) is 34.9 Å². The van der Waals surface area contributed by atoms with Gasteiger partial charge in [0.15, 0.2) is 5.82 Å². The molecule has 0 aliphatic carbocycles. The van der Waals surface area contributed by atoms with Gasteiger partial charge in [-0.3, -0.25) is 0 Å². The molecule has 0 atom stereocenters. The maximum Gasteiger partial charge on any atom is 0.234 e. The van der Waals surface area contributed by atoms with Gasteiger partial charge in [0.05, 0.1) is 11.2 Å². The Balaban J connectivity index is 2.04. The number of benzene rings is 1. The lowest BCUT2D eigenvalue weighted by molar-refractivity contribution is 0.266. The summed E-state index contributed by atoms with van der Waals surface area (Å²) >= 11 is 5.12. The molecule has 0 bridgehead atoms. The van der Waals surface area contributed by atoms with Crippen LogP contribution in [0.3, 0.4) is 0 Å². The van der Waals surface area contributed by atoms with Gasteiger partial charge in [-0.05, 0) is 37.1 Å². The summed E-state index contributed by atoms with van der Waals surface area (Å²) in [5.74, 6) is 2.08. The van der Waals surface area contributed by atoms with Crippen molar-refractivity contribution >= 4 is 27.7 Å². The zero-order valence-electron chi connectivity index (χ0n) is 12.3. The molecular weight excluding hydrogens is 350 g/mol. The van der Waals surface area contributed by atoms with Gasteiger partial charge in [0.2, 0.25) is 5.89 Å². The number of nitrogens with zero attached hydrogens (tertiary/aromatic N) is 2. The minimum Gasteiger partial charge on any atom is -0.339 e. The van der Waals surface area contributed by atoms with Crippen LogP contribution in [0.1, 0.15) is 38.4 Å². The van der Waals surface area contributed by atoms with Crippen molar-refractivity contribution in [3.05, 3.63) is 40.5 Å². The van der Waals surface area contributed by atoms with E-state index in [-0.39, 0.29) is 5.41 Å². The van der Waals surface area contributed by atoms with E-state index in [4.69, 9.17) is 10.3 Å². The molecule has 21 heavy (non-hydrogen) atoms. The zero-order chi connectivity index (χ0) is 15.3. The van der Waals surface area contributed by atoms with E-state index < -0.39 is 0 Å². The molecule has 1 aromatic heterocycles. The first-order valence-electron chi connectivity index (χ1n) is 7.05. The van der Waals surface area contributed by atoms with Crippen LogP contribution >= 0.6 is 27.7 Å². The minimum absolute atomic E-state index is 0.187. The monoisotopic (exact) mass is 369 g/mol. The van der Waals surface area contributed by atoms with Crippen LogP contribution < -0.4 is 5.73 Å². The Labute approximate surface area is 138 Å². The van der Waals surface area contributed by atoms with Gasteiger partial charge in [-0.15, -0.1) is 11.8 Å². The van der Waals surface area contributed by atoms with Crippen molar-refractivity contribution in [2.45, 2.75) is 42.8 Å². The summed E-state index contributed by atoms with van der Waals surface area (Å²) in [5.41, 5.74) is 5.72. The Hall–Kier alpha value is -0.850. The highest BCUT2D eigenvalue weighted by Gasteiger charge is 2.33. The third-order valence-electron chi connectivity index (χ3n) is 3.85. The molecule has 2 aromatic rings. The molecule has 0 aliphatic heterocycles. The molecule has 1 aromatic carbocycles. The van der Waals surface area contributed by atoms with Crippen molar-refractivity contribution in [3.8, 4) is 0 Å². The summed E-state index contributed by atoms with van der Waals surface area (Å²) < 4.78 is 6.52. The van der Waals surface area contributed by atoms with Gasteiger partial charge in [-0.25, -0.2) is 0 Å². The fourth-order valence-electron chi connectivity index (χ4n) is 2.14. The van der Waals surface area contributed by atoms with Crippen molar-refractivity contribution in [3.63, 3.8) is 0 Å². The van der Waals surface area contributed by atoms with Crippen molar-refractivity contribution in [1.29, 1.82) is 0 Å². The second kappa shape index (κ2) is 7.42. The molecule has 1 heterocycles. The lowest BCUT2D eigenvalue weighted by Gasteiger charge is -2.24. The first kappa shape index (κ1) is 16.5. The van der Waals surface area contributed by atoms with Gasteiger partial charge in [-0.2, -0.15) is 4.98 Å². The molecule has 0 spiro atoms. The number of halogens is 1. The van der Waals surface area contributed by atoms with E-state index in [1.807, 2.05) is 12.1 Å². The van der Waals surface area contributed by atoms with E-state index in [0.29, 0.717) is 18.2 Å². The van der Waals surface area contributed by atoms with E-state index in [0.717, 1.165) is 23.1 Å². The van der Waals surface area contributed by atoms with Crippen molar-refractivity contribution < 1.29 is 4.52 Å². The maximum absolute atomic E-state index is 5.91. The second-order valence-corrected chi connectivity index (χ2v) is 6.91. The normalized spacial score (nSPS) is 11.8. The van der Waals surface area contributed by atoms with Gasteiger partial charge in [0.1, 0.15) is 0 Å². The molecule has 6 heteroatoms. The Kier molecular flexibility index (Phi) is 5.84. The summed E-state index contributed by atoms with van der Waals surface area (Å²) in [5, 5.41) is 4.09. The summed E-state index contributed by atoms with van der Waals surface area (Å²) in [4.78, 5) is 5.72. The lowest BCUT2D eigenvalue weighted by atomic mass is 9.82. The average molecular weight is 370 g/mol. The maximum atomic E-state index is 5.91. The SMILES string of the molecule is CCC(CC)(CN)c1nc(CSc2ccc(Br)cc2)no1. The molecule has 0 unspecified atom stereocenters. The highest BCUT2D eigenvalue weighted by atomic mass is 79.9. The van der Waals surface area contributed by atoms with Crippen molar-refractivity contribution in [1.82, 2.24) is 10.1 Å². The summed E-state index contributed by atoms with van der Waals surface area (Å²) in [6, 6.07) is 8.19. The van der Waals surface area contributed by atoms with Gasteiger partial charge in [0, 0.05) is 15.9 Å². The molecule has 0 radical (unpaired) electrons. The Morgan fingerprint density at radius 3 is 2.48 bits per heavy atom. The number of rotatable bonds is 7. The summed E-state index contributed by atoms with van der Waals surface area (Å²) in [6.07, 6.45) is 1.81. The van der Waals surface area contributed by atoms with Crippen molar-refractivity contribution in [2.75, 3.05) is 6.54 Å². The Morgan fingerprint density at radius 2 is 1.90 bits per heavy atom. The van der Waals surface area contributed by atoms with Crippen LogP contribution in [-0.4, -0.2) is 16.7 Å². The molecular formula is C15H20BrN3OS. The predicted octanol–water partition coefficient (Wildman–Crippen LogP) is 4.14. The van der Waals surface area contributed by atoms with Crippen LogP contribution in [0.15, 0.2) is 38.2 Å². The molecule has 4 nitrogen and oxygen atoms in total. The number of thioether (sulfide) groups is 1. The standard InChI is InChI=1S/C15H20BrN3OS/c1-3-15(4-2,10-17)14-18-13(19-20-14)9-21-12-7-5-11(16)6-8-12/h5-8H,3-4,9-10,17H2,1-2H3. The molecule has 114 valence electrons. The fourth-order valence-corrected chi connectivity index (χ4v) is 3.14. The van der Waals surface area contributed by atoms with Crippen LogP contribution in [0.4, 0.5) is 0 Å². The smallest absolute Gasteiger partial charge is 0.234 e. The number of hydrogen-bond acceptors (Lipinski definition) is 5. The zero-order valence-corrected chi connectivity index (χ0v) is 14.7. The summed E-state index contributed by atoms with van der Waals surface area (Å²) in [7, 11) is 0. The summed E-state index contributed by atoms with van der Waals surface area (Å²) in [6.45, 7) is 4.75. The number of nitrogens with two attached hydrogens (primary N) is 1. The number of aromatic nitrogens is 2. The van der Waals surface area contributed by atoms with Crippen molar-refractivity contribution in [2.24, 2.45) is 5.73 Å². The van der Waals surface area contributed by atoms with E-state index >= 15 is 0 Å². The van der Waals surface area contributed by atoms with Crippen LogP contribution in [0.25, 0.3) is 0 Å². The fraction of sp³-hybridized carbons (Fsp3) is 0.467. The Bertz CT molecular complexity index is 558. The van der Waals surface area contributed by atoms with Crippen LogP contribution in [0, 0.1) is 0 Å². The minimum atomic E-state index is -0.187. The quantitative estimate of drug-likeness (QED) is 0.742. The van der Waals surface area contributed by atoms with Crippen LogP contribution in [0.2, 0.25) is 0 Å². The number of hydrogen-bond donors (Lipinski definition) is 1. The van der Waals surface area contributed by atoms with E-state index in [9.17, 15) is 0 Å². The average Bonchev–Trinajstić information content (AvgIpc) is 2.99. The first-order valence-corrected chi connectivity index (χ1v) is 8.83. The largest absolute Gasteiger partial charge is 0.339 e. The molecule has 0 saturated heterocycles. The third kappa shape index (κ3) is 3.87. The third-order valence-corrected chi connectivity index (χ3v) is 5.38. The van der Waals surface area contributed by atoms with E-state index in [1.165, 1.54) is 4.90 Å². The van der Waals surface area contributed by atoms with Crippen LogP contribution in [-0.2, 0) is 11.2 Å². The first-order chi connectivity index (χ1) is 10.1. The Morgan fingerprint density at radius 1 is 1.24 bits per heavy atom. The lowest BCUT2D eigenvalue weighted by Crippen LogP contribution is -2.34. The predicted molar refractivity (Wildman–Crippen MR) is 89.3 cm³/mol. The highest BCUT2D eigenvalue weighted by molar-refractivity contribution is 9.10. The van der Waals surface area contributed by atoms with Gasteiger partial charge >= 0.3 is 0 Å². The highest BCUT2D eigenvalue weighted by Crippen LogP contribution is 2.30.